The largest absolute Gasteiger partial charge is 0.369 e. The second-order valence-corrected chi connectivity index (χ2v) is 5.23. The number of anilines is 1. The van der Waals surface area contributed by atoms with Crippen LogP contribution in [0.1, 0.15) is 18.4 Å². The number of nitrogens with two attached hydrogens (primary N) is 1. The van der Waals surface area contributed by atoms with Gasteiger partial charge in [-0.1, -0.05) is 12.1 Å². The van der Waals surface area contributed by atoms with Gasteiger partial charge in [-0.2, -0.15) is 0 Å². The number of nitrogens with zero attached hydrogens (tertiary/aromatic N) is 1. The Morgan fingerprint density at radius 2 is 2.00 bits per heavy atom. The van der Waals surface area contributed by atoms with Crippen LogP contribution < -0.4 is 16.0 Å². The van der Waals surface area contributed by atoms with Gasteiger partial charge in [0.15, 0.2) is 0 Å². The van der Waals surface area contributed by atoms with E-state index in [-0.39, 0.29) is 11.3 Å². The van der Waals surface area contributed by atoms with E-state index in [0.29, 0.717) is 0 Å². The lowest BCUT2D eigenvalue weighted by Gasteiger charge is -2.30. The number of hydrogen-bond donors (Lipinski definition) is 2. The van der Waals surface area contributed by atoms with Crippen LogP contribution in [0.25, 0.3) is 0 Å². The van der Waals surface area contributed by atoms with E-state index in [1.54, 1.807) is 0 Å². The summed E-state index contributed by atoms with van der Waals surface area (Å²) in [4.78, 5) is 13.9. The highest BCUT2D eigenvalue weighted by Gasteiger charge is 2.50. The van der Waals surface area contributed by atoms with Crippen LogP contribution in [0.5, 0.6) is 0 Å². The lowest BCUT2D eigenvalue weighted by Crippen LogP contribution is -2.43. The molecule has 1 heterocycles. The number of carbonyl (C=O) groups excluding carboxylic acids is 1. The first-order chi connectivity index (χ1) is 8.72. The molecule has 1 saturated heterocycles. The molecule has 3 N–H and O–H groups in total. The molecule has 0 aromatic heterocycles. The van der Waals surface area contributed by atoms with E-state index < -0.39 is 0 Å². The predicted octanol–water partition coefficient (Wildman–Crippen LogP) is 0.613. The van der Waals surface area contributed by atoms with Crippen LogP contribution in [-0.2, 0) is 10.2 Å². The fraction of sp³-hybridized carbons (Fsp3) is 0.500. The molecule has 0 spiro atoms. The van der Waals surface area contributed by atoms with Crippen molar-refractivity contribution in [2.45, 2.75) is 18.3 Å². The maximum absolute atomic E-state index is 11.6. The SMILES string of the molecule is NC(=O)C1(c2cccc(N3CCNCC3)c2)CC1. The van der Waals surface area contributed by atoms with Crippen molar-refractivity contribution in [1.29, 1.82) is 0 Å². The third-order valence-corrected chi connectivity index (χ3v) is 4.10. The Morgan fingerprint density at radius 3 is 2.61 bits per heavy atom. The van der Waals surface area contributed by atoms with Crippen molar-refractivity contribution in [2.24, 2.45) is 5.73 Å². The van der Waals surface area contributed by atoms with E-state index in [1.165, 1.54) is 5.69 Å². The fourth-order valence-electron chi connectivity index (χ4n) is 2.73. The molecule has 1 aliphatic carbocycles. The zero-order valence-corrected chi connectivity index (χ0v) is 10.5. The predicted molar refractivity (Wildman–Crippen MR) is 71.6 cm³/mol. The molecule has 0 atom stereocenters. The second-order valence-electron chi connectivity index (χ2n) is 5.23. The van der Waals surface area contributed by atoms with Crippen molar-refractivity contribution < 1.29 is 4.79 Å². The Morgan fingerprint density at radius 1 is 1.28 bits per heavy atom. The molecule has 1 amide bonds. The number of benzene rings is 1. The first-order valence-electron chi connectivity index (χ1n) is 6.58. The third-order valence-electron chi connectivity index (χ3n) is 4.10. The molecule has 0 radical (unpaired) electrons. The third kappa shape index (κ3) is 1.86. The van der Waals surface area contributed by atoms with Crippen LogP contribution in [-0.4, -0.2) is 32.1 Å². The van der Waals surface area contributed by atoms with E-state index in [0.717, 1.165) is 44.6 Å². The minimum absolute atomic E-state index is 0.181. The maximum Gasteiger partial charge on any atom is 0.228 e. The van der Waals surface area contributed by atoms with Crippen molar-refractivity contribution in [2.75, 3.05) is 31.1 Å². The van der Waals surface area contributed by atoms with Crippen LogP contribution >= 0.6 is 0 Å². The highest BCUT2D eigenvalue weighted by Crippen LogP contribution is 2.48. The molecule has 4 heteroatoms. The number of amides is 1. The number of primary amides is 1. The molecule has 1 aromatic rings. The molecule has 1 aromatic carbocycles. The quantitative estimate of drug-likeness (QED) is 0.820. The smallest absolute Gasteiger partial charge is 0.228 e. The van der Waals surface area contributed by atoms with Crippen molar-refractivity contribution in [3.8, 4) is 0 Å². The molecule has 18 heavy (non-hydrogen) atoms. The van der Waals surface area contributed by atoms with E-state index in [4.69, 9.17) is 5.73 Å². The molecule has 0 bridgehead atoms. The summed E-state index contributed by atoms with van der Waals surface area (Å²) in [6.07, 6.45) is 1.79. The molecule has 1 aliphatic heterocycles. The number of rotatable bonds is 3. The van der Waals surface area contributed by atoms with Crippen molar-refractivity contribution in [3.63, 3.8) is 0 Å². The Labute approximate surface area is 107 Å². The lowest BCUT2D eigenvalue weighted by molar-refractivity contribution is -0.120. The van der Waals surface area contributed by atoms with Crippen molar-refractivity contribution in [1.82, 2.24) is 5.32 Å². The van der Waals surface area contributed by atoms with Gasteiger partial charge in [0, 0.05) is 31.9 Å². The van der Waals surface area contributed by atoms with E-state index in [1.807, 2.05) is 12.1 Å². The van der Waals surface area contributed by atoms with Gasteiger partial charge >= 0.3 is 0 Å². The molecular formula is C14H19N3O. The van der Waals surface area contributed by atoms with Crippen molar-refractivity contribution in [3.05, 3.63) is 29.8 Å². The highest BCUT2D eigenvalue weighted by molar-refractivity contribution is 5.90. The zero-order valence-electron chi connectivity index (χ0n) is 10.5. The molecule has 2 aliphatic rings. The molecule has 2 fully saturated rings. The van der Waals surface area contributed by atoms with Gasteiger partial charge in [0.25, 0.3) is 0 Å². The summed E-state index contributed by atoms with van der Waals surface area (Å²) >= 11 is 0. The number of nitrogens with one attached hydrogen (secondary N) is 1. The van der Waals surface area contributed by atoms with Gasteiger partial charge in [-0.15, -0.1) is 0 Å². The monoisotopic (exact) mass is 245 g/mol. The molecule has 96 valence electrons. The maximum atomic E-state index is 11.6. The Hall–Kier alpha value is -1.55. The molecule has 3 rings (SSSR count). The van der Waals surface area contributed by atoms with E-state index >= 15 is 0 Å². The van der Waals surface area contributed by atoms with Gasteiger partial charge in [-0.25, -0.2) is 0 Å². The fourth-order valence-corrected chi connectivity index (χ4v) is 2.73. The van der Waals surface area contributed by atoms with Gasteiger partial charge < -0.3 is 16.0 Å². The Kier molecular flexibility index (Phi) is 2.74. The second kappa shape index (κ2) is 4.28. The topological polar surface area (TPSA) is 58.4 Å². The number of hydrogen-bond acceptors (Lipinski definition) is 3. The normalized spacial score (nSPS) is 21.7. The number of carbonyl (C=O) groups is 1. The summed E-state index contributed by atoms with van der Waals surface area (Å²) in [6, 6.07) is 8.33. The van der Waals surface area contributed by atoms with Crippen LogP contribution in [0.3, 0.4) is 0 Å². The lowest BCUT2D eigenvalue weighted by atomic mass is 9.94. The van der Waals surface area contributed by atoms with Crippen LogP contribution in [0, 0.1) is 0 Å². The van der Waals surface area contributed by atoms with Crippen LogP contribution in [0.2, 0.25) is 0 Å². The van der Waals surface area contributed by atoms with E-state index in [9.17, 15) is 4.79 Å². The van der Waals surface area contributed by atoms with Crippen LogP contribution in [0.4, 0.5) is 5.69 Å². The number of piperazine rings is 1. The molecular weight excluding hydrogens is 226 g/mol. The van der Waals surface area contributed by atoms with E-state index in [2.05, 4.69) is 22.3 Å². The summed E-state index contributed by atoms with van der Waals surface area (Å²) < 4.78 is 0. The average Bonchev–Trinajstić information content (AvgIpc) is 3.21. The minimum Gasteiger partial charge on any atom is -0.369 e. The molecule has 1 saturated carbocycles. The molecule has 0 unspecified atom stereocenters. The minimum atomic E-state index is -0.371. The molecule has 4 nitrogen and oxygen atoms in total. The van der Waals surface area contributed by atoms with Gasteiger partial charge in [0.2, 0.25) is 5.91 Å². The Balaban J connectivity index is 1.87. The van der Waals surface area contributed by atoms with Gasteiger partial charge in [0.1, 0.15) is 0 Å². The van der Waals surface area contributed by atoms with Crippen molar-refractivity contribution >= 4 is 11.6 Å². The van der Waals surface area contributed by atoms with Crippen LogP contribution in [0.15, 0.2) is 24.3 Å². The summed E-state index contributed by atoms with van der Waals surface area (Å²) in [7, 11) is 0. The summed E-state index contributed by atoms with van der Waals surface area (Å²) in [5, 5.41) is 3.34. The summed E-state index contributed by atoms with van der Waals surface area (Å²) in [5.41, 5.74) is 7.46. The first-order valence-corrected chi connectivity index (χ1v) is 6.58. The summed E-state index contributed by atoms with van der Waals surface area (Å²) in [6.45, 7) is 4.08. The van der Waals surface area contributed by atoms with Gasteiger partial charge in [-0.05, 0) is 30.5 Å². The zero-order chi connectivity index (χ0) is 12.6. The Bertz CT molecular complexity index is 462. The highest BCUT2D eigenvalue weighted by atomic mass is 16.1. The average molecular weight is 245 g/mol. The van der Waals surface area contributed by atoms with Gasteiger partial charge in [-0.3, -0.25) is 4.79 Å². The first kappa shape index (κ1) is 11.5. The van der Waals surface area contributed by atoms with Gasteiger partial charge in [0.05, 0.1) is 5.41 Å². The summed E-state index contributed by atoms with van der Waals surface area (Å²) in [5.74, 6) is -0.181. The standard InChI is InChI=1S/C14H19N3O/c15-13(18)14(4-5-14)11-2-1-3-12(10-11)17-8-6-16-7-9-17/h1-3,10,16H,4-9H2,(H2,15,18).